The largest absolute Gasteiger partial charge is 0.481 e. The first-order valence-corrected chi connectivity index (χ1v) is 22.2. The lowest BCUT2D eigenvalue weighted by Crippen LogP contribution is -2.41. The number of rotatable bonds is 43. The van der Waals surface area contributed by atoms with Gasteiger partial charge in [-0.25, -0.2) is 4.79 Å². The number of terminal acetylenes is 1. The number of unbranched alkanes of at least 4 members (excludes halogenated alkanes) is 13. The molecule has 0 aliphatic rings. The summed E-state index contributed by atoms with van der Waals surface area (Å²) < 4.78 is 21.2. The zero-order valence-corrected chi connectivity index (χ0v) is 36.2. The van der Waals surface area contributed by atoms with Crippen LogP contribution >= 0.6 is 11.8 Å². The van der Waals surface area contributed by atoms with Crippen LogP contribution in [0.25, 0.3) is 0 Å². The van der Waals surface area contributed by atoms with Crippen LogP contribution in [0.2, 0.25) is 0 Å². The Labute approximate surface area is 359 Å². The smallest absolute Gasteiger partial charge is 0.326 e. The zero-order valence-electron chi connectivity index (χ0n) is 35.4. The molecule has 0 aromatic heterocycles. The number of hydrogen-bond donors (Lipinski definition) is 7. The van der Waals surface area contributed by atoms with Crippen LogP contribution in [-0.4, -0.2) is 143 Å². The van der Waals surface area contributed by atoms with E-state index in [0.29, 0.717) is 6.42 Å². The summed E-state index contributed by atoms with van der Waals surface area (Å²) in [7, 11) is 0. The molecule has 0 bridgehead atoms. The molecule has 0 rings (SSSR count). The van der Waals surface area contributed by atoms with Crippen LogP contribution in [0, 0.1) is 11.7 Å². The van der Waals surface area contributed by atoms with E-state index in [1.165, 1.54) is 44.9 Å². The van der Waals surface area contributed by atoms with Crippen molar-refractivity contribution in [2.45, 2.75) is 122 Å². The molecule has 18 nitrogen and oxygen atoms in total. The van der Waals surface area contributed by atoms with Crippen molar-refractivity contribution in [1.82, 2.24) is 26.6 Å². The molecule has 60 heavy (non-hydrogen) atoms. The molecule has 344 valence electrons. The predicted molar refractivity (Wildman–Crippen MR) is 227 cm³/mol. The second-order valence-corrected chi connectivity index (χ2v) is 14.8. The van der Waals surface area contributed by atoms with Gasteiger partial charge in [0.05, 0.1) is 45.4 Å². The molecule has 1 atom stereocenters. The summed E-state index contributed by atoms with van der Waals surface area (Å²) in [6.45, 7) is 1.90. The van der Waals surface area contributed by atoms with Gasteiger partial charge in [-0.05, 0) is 24.5 Å². The Morgan fingerprint density at radius 1 is 0.483 bits per heavy atom. The van der Waals surface area contributed by atoms with E-state index < -0.39 is 18.0 Å². The lowest BCUT2D eigenvalue weighted by Gasteiger charge is -2.14. The van der Waals surface area contributed by atoms with Crippen molar-refractivity contribution in [3.8, 4) is 11.7 Å². The van der Waals surface area contributed by atoms with Gasteiger partial charge in [0.1, 0.15) is 19.3 Å². The molecule has 19 heteroatoms. The molecule has 0 aromatic carbocycles. The maximum absolute atomic E-state index is 12.3. The third-order valence-electron chi connectivity index (χ3n) is 8.74. The first-order chi connectivity index (χ1) is 29.0. The summed E-state index contributed by atoms with van der Waals surface area (Å²) in [5.74, 6) is -3.30. The van der Waals surface area contributed by atoms with Gasteiger partial charge < -0.3 is 55.7 Å². The van der Waals surface area contributed by atoms with Crippen molar-refractivity contribution < 1.29 is 62.7 Å². The SMILES string of the molecule is C#CSCC(=O)NCCNC(=O)COCCOCCNC(=O)COCCOCCNC(=O)CC[C@H](NC(=O)CCCCCCCCCCCCCCCCC(=O)O)C(=O)O. The second kappa shape index (κ2) is 41.8. The fourth-order valence-electron chi connectivity index (χ4n) is 5.53. The molecule has 7 N–H and O–H groups in total. The van der Waals surface area contributed by atoms with Crippen molar-refractivity contribution in [2.75, 3.05) is 84.8 Å². The minimum Gasteiger partial charge on any atom is -0.481 e. The summed E-state index contributed by atoms with van der Waals surface area (Å²) in [5, 5.41) is 33.5. The van der Waals surface area contributed by atoms with Gasteiger partial charge in [-0.2, -0.15) is 0 Å². The molecule has 0 aliphatic carbocycles. The summed E-state index contributed by atoms with van der Waals surface area (Å²) in [5.41, 5.74) is 0. The summed E-state index contributed by atoms with van der Waals surface area (Å²) >= 11 is 1.05. The third kappa shape index (κ3) is 40.8. The standard InChI is InChI=1S/C41H71N5O13S/c1-2-60-33-39(51)43-22-21-42-37(49)31-58-29-28-57-26-24-45-38(50)32-59-30-27-56-25-23-44-35(47)20-19-34(41(54)55)46-36(48)17-15-13-11-9-7-5-3-4-6-8-10-12-14-16-18-40(52)53/h1,34H,3-33H2,(H,42,49)(H,43,51)(H,44,47)(H,45,50)(H,46,48)(H,52,53)(H,54,55)/t34-/m0/s1. The predicted octanol–water partition coefficient (Wildman–Crippen LogP) is 2.52. The molecule has 0 radical (unpaired) electrons. The van der Waals surface area contributed by atoms with Crippen molar-refractivity contribution in [2.24, 2.45) is 0 Å². The number of hydrogen-bond acceptors (Lipinski definition) is 12. The molecule has 0 aliphatic heterocycles. The number of carbonyl (C=O) groups excluding carboxylic acids is 5. The van der Waals surface area contributed by atoms with Crippen LogP contribution in [-0.2, 0) is 52.5 Å². The van der Waals surface area contributed by atoms with E-state index in [0.717, 1.165) is 50.3 Å². The van der Waals surface area contributed by atoms with Gasteiger partial charge in [-0.3, -0.25) is 28.8 Å². The number of carbonyl (C=O) groups is 7. The van der Waals surface area contributed by atoms with Crippen LogP contribution in [0.4, 0.5) is 0 Å². The number of carboxylic acids is 2. The molecular formula is C41H71N5O13S. The van der Waals surface area contributed by atoms with Crippen molar-refractivity contribution in [3.63, 3.8) is 0 Å². The van der Waals surface area contributed by atoms with Gasteiger partial charge in [0, 0.05) is 45.4 Å². The van der Waals surface area contributed by atoms with Gasteiger partial charge >= 0.3 is 11.9 Å². The molecule has 0 saturated carbocycles. The van der Waals surface area contributed by atoms with Crippen LogP contribution < -0.4 is 26.6 Å². The number of nitrogens with one attached hydrogen (secondary N) is 5. The molecule has 0 unspecified atom stereocenters. The number of aliphatic carboxylic acids is 2. The van der Waals surface area contributed by atoms with E-state index >= 15 is 0 Å². The monoisotopic (exact) mass is 873 g/mol. The lowest BCUT2D eigenvalue weighted by molar-refractivity contribution is -0.142. The van der Waals surface area contributed by atoms with Crippen LogP contribution in [0.5, 0.6) is 0 Å². The fraction of sp³-hybridized carbons (Fsp3) is 0.780. The highest BCUT2D eigenvalue weighted by Gasteiger charge is 2.20. The minimum absolute atomic E-state index is 0.0306. The van der Waals surface area contributed by atoms with E-state index in [4.69, 9.17) is 30.5 Å². The first kappa shape index (κ1) is 56.0. The maximum Gasteiger partial charge on any atom is 0.326 e. The summed E-state index contributed by atoms with van der Waals surface area (Å²) in [6.07, 6.45) is 20.5. The Balaban J connectivity index is 3.65. The van der Waals surface area contributed by atoms with E-state index in [1.54, 1.807) is 0 Å². The van der Waals surface area contributed by atoms with Crippen molar-refractivity contribution >= 4 is 53.2 Å². The van der Waals surface area contributed by atoms with E-state index in [1.807, 2.05) is 0 Å². The van der Waals surface area contributed by atoms with Crippen LogP contribution in [0.15, 0.2) is 0 Å². The quantitative estimate of drug-likeness (QED) is 0.0344. The lowest BCUT2D eigenvalue weighted by atomic mass is 10.0. The van der Waals surface area contributed by atoms with E-state index in [-0.39, 0.29) is 140 Å². The van der Waals surface area contributed by atoms with Gasteiger partial charge in [-0.1, -0.05) is 88.8 Å². The van der Waals surface area contributed by atoms with Crippen LogP contribution in [0.3, 0.4) is 0 Å². The highest BCUT2D eigenvalue weighted by molar-refractivity contribution is 8.04. The Kier molecular flexibility index (Phi) is 39.0. The van der Waals surface area contributed by atoms with Crippen LogP contribution in [0.1, 0.15) is 116 Å². The fourth-order valence-corrected chi connectivity index (χ4v) is 5.85. The average Bonchev–Trinajstić information content (AvgIpc) is 3.21. The normalized spacial score (nSPS) is 11.2. The molecule has 0 spiro atoms. The minimum atomic E-state index is -1.19. The molecule has 0 fully saturated rings. The van der Waals surface area contributed by atoms with Gasteiger partial charge in [0.25, 0.3) is 0 Å². The second-order valence-electron chi connectivity index (χ2n) is 14.0. The number of thioether (sulfide) groups is 1. The van der Waals surface area contributed by atoms with E-state index in [2.05, 4.69) is 31.8 Å². The Hall–Kier alpha value is -3.96. The molecule has 0 aromatic rings. The highest BCUT2D eigenvalue weighted by atomic mass is 32.2. The number of ether oxygens (including phenoxy) is 4. The highest BCUT2D eigenvalue weighted by Crippen LogP contribution is 2.14. The zero-order chi connectivity index (χ0) is 44.3. The first-order valence-electron chi connectivity index (χ1n) is 21.2. The Bertz CT molecular complexity index is 1240. The Morgan fingerprint density at radius 2 is 0.900 bits per heavy atom. The van der Waals surface area contributed by atoms with Crippen molar-refractivity contribution in [1.29, 1.82) is 0 Å². The van der Waals surface area contributed by atoms with E-state index in [9.17, 15) is 38.7 Å². The molecule has 0 heterocycles. The molecule has 0 saturated heterocycles. The third-order valence-corrected chi connectivity index (χ3v) is 9.31. The topological polar surface area (TPSA) is 257 Å². The summed E-state index contributed by atoms with van der Waals surface area (Å²) in [6, 6.07) is -1.14. The van der Waals surface area contributed by atoms with Gasteiger partial charge in [0.15, 0.2) is 0 Å². The number of carboxylic acid groups (broad SMARTS) is 2. The average molecular weight is 874 g/mol. The Morgan fingerprint density at radius 3 is 1.37 bits per heavy atom. The van der Waals surface area contributed by atoms with Gasteiger partial charge in [-0.15, -0.1) is 6.42 Å². The summed E-state index contributed by atoms with van der Waals surface area (Å²) in [4.78, 5) is 81.6. The van der Waals surface area contributed by atoms with Crippen molar-refractivity contribution in [3.05, 3.63) is 0 Å². The molecule has 5 amide bonds. The maximum atomic E-state index is 12.3. The van der Waals surface area contributed by atoms with Gasteiger partial charge in [0.2, 0.25) is 29.5 Å². The molecular weight excluding hydrogens is 803 g/mol. The number of amides is 5.